The first-order chi connectivity index (χ1) is 13.9. The summed E-state index contributed by atoms with van der Waals surface area (Å²) in [6.45, 7) is 4.35. The van der Waals surface area contributed by atoms with E-state index in [1.165, 1.54) is 12.1 Å². The number of amides is 2. The summed E-state index contributed by atoms with van der Waals surface area (Å²) in [7, 11) is -3.64. The number of rotatable bonds is 3. The van der Waals surface area contributed by atoms with Crippen molar-refractivity contribution in [1.82, 2.24) is 4.90 Å². The monoisotopic (exact) mass is 413 g/mol. The molecule has 0 aromatic heterocycles. The molecule has 7 nitrogen and oxygen atoms in total. The van der Waals surface area contributed by atoms with Gasteiger partial charge in [-0.2, -0.15) is 0 Å². The van der Waals surface area contributed by atoms with Gasteiger partial charge in [-0.25, -0.2) is 12.7 Å². The van der Waals surface area contributed by atoms with Crippen molar-refractivity contribution < 1.29 is 18.0 Å². The summed E-state index contributed by atoms with van der Waals surface area (Å²) in [6.07, 6.45) is 0. The van der Waals surface area contributed by atoms with Gasteiger partial charge >= 0.3 is 0 Å². The van der Waals surface area contributed by atoms with E-state index in [4.69, 9.17) is 0 Å². The minimum absolute atomic E-state index is 0.0896. The van der Waals surface area contributed by atoms with E-state index in [-0.39, 0.29) is 17.3 Å². The average Bonchev–Trinajstić information content (AvgIpc) is 2.95. The van der Waals surface area contributed by atoms with Crippen LogP contribution in [-0.2, 0) is 14.8 Å². The number of carbonyl (C=O) groups excluding carboxylic acids is 2. The number of anilines is 2. The van der Waals surface area contributed by atoms with E-state index in [2.05, 4.69) is 17.0 Å². The third-order valence-corrected chi connectivity index (χ3v) is 7.27. The summed E-state index contributed by atoms with van der Waals surface area (Å²) < 4.78 is 25.3. The zero-order chi connectivity index (χ0) is 20.6. The standard InChI is InChI=1S/C21H23N3O4S/c1-16-15-29(27,28)24(20(16)25)19-9-7-17(8-10-19)21(26)23-13-11-22(12-14-23)18-5-3-2-4-6-18/h2-10,16H,11-15H2,1H3/t16-/m0/s1. The van der Waals surface area contributed by atoms with Gasteiger partial charge in [-0.05, 0) is 36.4 Å². The fourth-order valence-electron chi connectivity index (χ4n) is 3.82. The molecule has 2 aromatic carbocycles. The molecule has 2 aliphatic heterocycles. The Hall–Kier alpha value is -2.87. The second kappa shape index (κ2) is 7.51. The number of hydrogen-bond donors (Lipinski definition) is 0. The van der Waals surface area contributed by atoms with Crippen molar-refractivity contribution in [2.75, 3.05) is 41.1 Å². The molecule has 152 valence electrons. The summed E-state index contributed by atoms with van der Waals surface area (Å²) in [5, 5.41) is 0. The van der Waals surface area contributed by atoms with Gasteiger partial charge in [0.15, 0.2) is 0 Å². The summed E-state index contributed by atoms with van der Waals surface area (Å²) in [5.74, 6) is -1.25. The van der Waals surface area contributed by atoms with Crippen LogP contribution in [0.5, 0.6) is 0 Å². The molecule has 0 radical (unpaired) electrons. The SMILES string of the molecule is C[C@H]1CS(=O)(=O)N(c2ccc(C(=O)N3CCN(c4ccccc4)CC3)cc2)C1=O. The average molecular weight is 413 g/mol. The predicted octanol–water partition coefficient (Wildman–Crippen LogP) is 1.96. The van der Waals surface area contributed by atoms with Gasteiger partial charge in [0, 0.05) is 37.4 Å². The van der Waals surface area contributed by atoms with Crippen molar-refractivity contribution in [2.24, 2.45) is 5.92 Å². The largest absolute Gasteiger partial charge is 0.368 e. The third kappa shape index (κ3) is 3.72. The number of carbonyl (C=O) groups is 2. The van der Waals surface area contributed by atoms with E-state index < -0.39 is 21.8 Å². The first-order valence-corrected chi connectivity index (χ1v) is 11.2. The summed E-state index contributed by atoms with van der Waals surface area (Å²) in [6, 6.07) is 16.3. The molecule has 1 atom stereocenters. The molecular weight excluding hydrogens is 390 g/mol. The molecule has 2 heterocycles. The maximum atomic E-state index is 12.8. The van der Waals surface area contributed by atoms with Gasteiger partial charge in [-0.1, -0.05) is 25.1 Å². The Kier molecular flexibility index (Phi) is 5.04. The molecule has 2 fully saturated rings. The molecule has 0 N–H and O–H groups in total. The van der Waals surface area contributed by atoms with Gasteiger partial charge in [-0.15, -0.1) is 0 Å². The highest BCUT2D eigenvalue weighted by molar-refractivity contribution is 7.94. The zero-order valence-corrected chi connectivity index (χ0v) is 17.0. The van der Waals surface area contributed by atoms with E-state index >= 15 is 0 Å². The van der Waals surface area contributed by atoms with Gasteiger partial charge in [-0.3, -0.25) is 9.59 Å². The van der Waals surface area contributed by atoms with Crippen molar-refractivity contribution in [2.45, 2.75) is 6.92 Å². The molecule has 2 aromatic rings. The van der Waals surface area contributed by atoms with Gasteiger partial charge < -0.3 is 9.80 Å². The lowest BCUT2D eigenvalue weighted by molar-refractivity contribution is -0.119. The van der Waals surface area contributed by atoms with Crippen molar-refractivity contribution in [3.8, 4) is 0 Å². The summed E-state index contributed by atoms with van der Waals surface area (Å²) in [5.41, 5.74) is 1.92. The van der Waals surface area contributed by atoms with Crippen LogP contribution < -0.4 is 9.21 Å². The molecule has 2 aliphatic rings. The second-order valence-corrected chi connectivity index (χ2v) is 9.31. The Balaban J connectivity index is 1.43. The maximum Gasteiger partial charge on any atom is 0.253 e. The molecular formula is C21H23N3O4S. The van der Waals surface area contributed by atoms with Crippen molar-refractivity contribution in [3.63, 3.8) is 0 Å². The third-order valence-electron chi connectivity index (χ3n) is 5.40. The van der Waals surface area contributed by atoms with Crippen LogP contribution in [0.1, 0.15) is 17.3 Å². The minimum atomic E-state index is -3.64. The molecule has 2 saturated heterocycles. The van der Waals surface area contributed by atoms with Gasteiger partial charge in [0.05, 0.1) is 17.4 Å². The molecule has 2 amide bonds. The molecule has 0 aliphatic carbocycles. The van der Waals surface area contributed by atoms with Crippen LogP contribution in [-0.4, -0.2) is 57.1 Å². The molecule has 8 heteroatoms. The molecule has 4 rings (SSSR count). The Bertz CT molecular complexity index is 1010. The highest BCUT2D eigenvalue weighted by atomic mass is 32.2. The van der Waals surface area contributed by atoms with Crippen LogP contribution in [0, 0.1) is 5.92 Å². The number of nitrogens with zero attached hydrogens (tertiary/aromatic N) is 3. The van der Waals surface area contributed by atoms with E-state index in [0.717, 1.165) is 23.1 Å². The van der Waals surface area contributed by atoms with Crippen LogP contribution in [0.2, 0.25) is 0 Å². The van der Waals surface area contributed by atoms with Crippen LogP contribution >= 0.6 is 0 Å². The lowest BCUT2D eigenvalue weighted by Gasteiger charge is -2.36. The molecule has 0 unspecified atom stereocenters. The second-order valence-electron chi connectivity index (χ2n) is 7.44. The number of para-hydroxylation sites is 1. The van der Waals surface area contributed by atoms with Crippen molar-refractivity contribution in [1.29, 1.82) is 0 Å². The van der Waals surface area contributed by atoms with Crippen LogP contribution in [0.4, 0.5) is 11.4 Å². The van der Waals surface area contributed by atoms with E-state index in [9.17, 15) is 18.0 Å². The van der Waals surface area contributed by atoms with E-state index in [1.807, 2.05) is 18.2 Å². The molecule has 29 heavy (non-hydrogen) atoms. The quantitative estimate of drug-likeness (QED) is 0.769. The first-order valence-electron chi connectivity index (χ1n) is 9.63. The van der Waals surface area contributed by atoms with Gasteiger partial charge in [0.1, 0.15) is 0 Å². The summed E-state index contributed by atoms with van der Waals surface area (Å²) >= 11 is 0. The van der Waals surface area contributed by atoms with Crippen molar-refractivity contribution >= 4 is 33.2 Å². The predicted molar refractivity (Wildman–Crippen MR) is 111 cm³/mol. The lowest BCUT2D eigenvalue weighted by Crippen LogP contribution is -2.48. The topological polar surface area (TPSA) is 78.0 Å². The highest BCUT2D eigenvalue weighted by Crippen LogP contribution is 2.28. The van der Waals surface area contributed by atoms with Crippen molar-refractivity contribution in [3.05, 3.63) is 60.2 Å². The number of hydrogen-bond acceptors (Lipinski definition) is 5. The Morgan fingerprint density at radius 3 is 2.07 bits per heavy atom. The number of sulfonamides is 1. The number of benzene rings is 2. The maximum absolute atomic E-state index is 12.8. The lowest BCUT2D eigenvalue weighted by atomic mass is 10.1. The normalized spacial score (nSPS) is 21.5. The van der Waals surface area contributed by atoms with Gasteiger partial charge in [0.2, 0.25) is 15.9 Å². The zero-order valence-electron chi connectivity index (χ0n) is 16.2. The number of piperazine rings is 1. The van der Waals surface area contributed by atoms with E-state index in [0.29, 0.717) is 18.7 Å². The van der Waals surface area contributed by atoms with Crippen LogP contribution in [0.15, 0.2) is 54.6 Å². The molecule has 0 saturated carbocycles. The molecule has 0 spiro atoms. The van der Waals surface area contributed by atoms with E-state index in [1.54, 1.807) is 24.0 Å². The molecule has 0 bridgehead atoms. The first kappa shape index (κ1) is 19.4. The van der Waals surface area contributed by atoms with Crippen LogP contribution in [0.25, 0.3) is 0 Å². The Labute approximate surface area is 170 Å². The fraction of sp³-hybridized carbons (Fsp3) is 0.333. The Morgan fingerprint density at radius 2 is 1.52 bits per heavy atom. The Morgan fingerprint density at radius 1 is 0.897 bits per heavy atom. The van der Waals surface area contributed by atoms with Crippen LogP contribution in [0.3, 0.4) is 0 Å². The summed E-state index contributed by atoms with van der Waals surface area (Å²) in [4.78, 5) is 29.1. The van der Waals surface area contributed by atoms with Gasteiger partial charge in [0.25, 0.3) is 5.91 Å². The smallest absolute Gasteiger partial charge is 0.253 e. The highest BCUT2D eigenvalue weighted by Gasteiger charge is 2.41. The fourth-order valence-corrected chi connectivity index (χ4v) is 5.64. The minimum Gasteiger partial charge on any atom is -0.368 e.